The first-order valence-corrected chi connectivity index (χ1v) is 8.50. The molecule has 0 fully saturated rings. The van der Waals surface area contributed by atoms with E-state index in [1.165, 1.54) is 38.5 Å². The number of ether oxygens (including phenoxy) is 2. The van der Waals surface area contributed by atoms with Crippen molar-refractivity contribution in [1.82, 2.24) is 14.7 Å². The van der Waals surface area contributed by atoms with Gasteiger partial charge in [0.1, 0.15) is 4.90 Å². The van der Waals surface area contributed by atoms with Gasteiger partial charge in [0, 0.05) is 0 Å². The van der Waals surface area contributed by atoms with Crippen LogP contribution in [0.5, 0.6) is 11.8 Å². The Morgan fingerprint density at radius 2 is 1.58 bits per heavy atom. The van der Waals surface area contributed by atoms with Gasteiger partial charge in [-0.15, -0.1) is 0 Å². The maximum absolute atomic E-state index is 12.3. The van der Waals surface area contributed by atoms with Crippen molar-refractivity contribution in [2.45, 2.75) is 4.90 Å². The molecule has 2 rings (SSSR count). The highest BCUT2D eigenvalue weighted by Crippen LogP contribution is 2.28. The molecular weight excluding hydrogens is 381 g/mol. The zero-order valence-corrected chi connectivity index (χ0v) is 14.7. The van der Waals surface area contributed by atoms with Crippen LogP contribution in [0.1, 0.15) is 10.6 Å². The summed E-state index contributed by atoms with van der Waals surface area (Å²) in [4.78, 5) is 19.3. The summed E-state index contributed by atoms with van der Waals surface area (Å²) in [6.45, 7) is 0. The van der Waals surface area contributed by atoms with Crippen molar-refractivity contribution in [2.75, 3.05) is 14.2 Å². The first-order chi connectivity index (χ1) is 11.3. The van der Waals surface area contributed by atoms with E-state index >= 15 is 0 Å². The number of rotatable bonds is 5. The molecule has 24 heavy (non-hydrogen) atoms. The lowest BCUT2D eigenvalue weighted by atomic mass is 10.4. The minimum atomic E-state index is -4.33. The van der Waals surface area contributed by atoms with Gasteiger partial charge in [-0.2, -0.15) is 9.97 Å². The molecular formula is C13H11Cl2N3O5S. The van der Waals surface area contributed by atoms with E-state index in [1.54, 1.807) is 4.72 Å². The highest BCUT2D eigenvalue weighted by atomic mass is 35.5. The number of halogens is 2. The molecule has 0 atom stereocenters. The summed E-state index contributed by atoms with van der Waals surface area (Å²) in [6.07, 6.45) is 0. The number of hydrogen-bond donors (Lipinski definition) is 1. The second kappa shape index (κ2) is 7.20. The Morgan fingerprint density at radius 1 is 1.08 bits per heavy atom. The molecule has 1 N–H and O–H groups in total. The normalized spacial score (nSPS) is 11.0. The number of sulfonamides is 1. The van der Waals surface area contributed by atoms with Crippen molar-refractivity contribution in [3.8, 4) is 11.8 Å². The van der Waals surface area contributed by atoms with E-state index in [9.17, 15) is 13.2 Å². The van der Waals surface area contributed by atoms with Crippen molar-refractivity contribution in [3.05, 3.63) is 40.1 Å². The molecule has 8 nitrogen and oxygen atoms in total. The monoisotopic (exact) mass is 391 g/mol. The van der Waals surface area contributed by atoms with Crippen LogP contribution in [0, 0.1) is 0 Å². The number of methoxy groups -OCH3 is 2. The number of carbonyl (C=O) groups is 1. The molecule has 0 saturated carbocycles. The molecule has 0 unspecified atom stereocenters. The number of aromatic nitrogens is 2. The maximum atomic E-state index is 12.3. The number of hydrogen-bond acceptors (Lipinski definition) is 7. The van der Waals surface area contributed by atoms with Crippen LogP contribution >= 0.6 is 23.2 Å². The van der Waals surface area contributed by atoms with Gasteiger partial charge < -0.3 is 9.47 Å². The van der Waals surface area contributed by atoms with Crippen LogP contribution in [-0.2, 0) is 10.0 Å². The third-order valence-corrected chi connectivity index (χ3v) is 5.00. The fraction of sp³-hybridized carbons (Fsp3) is 0.154. The lowest BCUT2D eigenvalue weighted by molar-refractivity contribution is 0.0969. The topological polar surface area (TPSA) is 107 Å². The molecule has 0 aliphatic rings. The largest absolute Gasteiger partial charge is 0.481 e. The Hall–Kier alpha value is -2.10. The van der Waals surface area contributed by atoms with E-state index < -0.39 is 26.7 Å². The summed E-state index contributed by atoms with van der Waals surface area (Å²) < 4.78 is 36.3. The van der Waals surface area contributed by atoms with Crippen molar-refractivity contribution in [1.29, 1.82) is 0 Å². The van der Waals surface area contributed by atoms with Gasteiger partial charge in [0.05, 0.1) is 30.3 Å². The third kappa shape index (κ3) is 3.86. The van der Waals surface area contributed by atoms with Crippen LogP contribution in [0.15, 0.2) is 29.2 Å². The molecule has 1 amide bonds. The summed E-state index contributed by atoms with van der Waals surface area (Å²) in [5.74, 6) is -1.50. The Kier molecular flexibility index (Phi) is 5.47. The van der Waals surface area contributed by atoms with Crippen molar-refractivity contribution in [2.24, 2.45) is 0 Å². The Labute approximate surface area is 147 Å². The van der Waals surface area contributed by atoms with Crippen LogP contribution in [-0.4, -0.2) is 38.5 Å². The lowest BCUT2D eigenvalue weighted by Crippen LogP contribution is -2.32. The average molecular weight is 392 g/mol. The van der Waals surface area contributed by atoms with E-state index in [0.29, 0.717) is 0 Å². The molecule has 1 aromatic carbocycles. The number of benzene rings is 1. The van der Waals surface area contributed by atoms with Gasteiger partial charge in [0.2, 0.25) is 17.6 Å². The highest BCUT2D eigenvalue weighted by Gasteiger charge is 2.26. The quantitative estimate of drug-likeness (QED) is 0.828. The Balaban J connectivity index is 2.39. The van der Waals surface area contributed by atoms with Gasteiger partial charge in [0.25, 0.3) is 10.0 Å². The molecule has 0 aliphatic carbocycles. The zero-order chi connectivity index (χ0) is 17.9. The molecule has 0 saturated heterocycles. The summed E-state index contributed by atoms with van der Waals surface area (Å²) >= 11 is 11.7. The van der Waals surface area contributed by atoms with Crippen molar-refractivity contribution >= 4 is 39.1 Å². The SMILES string of the molecule is COc1cc(OC)nc(C(=O)NS(=O)(=O)c2c(Cl)cccc2Cl)n1. The van der Waals surface area contributed by atoms with Gasteiger partial charge in [-0.25, -0.2) is 13.1 Å². The molecule has 0 aliphatic heterocycles. The van der Waals surface area contributed by atoms with E-state index in [4.69, 9.17) is 32.7 Å². The van der Waals surface area contributed by atoms with Gasteiger partial charge >= 0.3 is 5.91 Å². The fourth-order valence-electron chi connectivity index (χ4n) is 1.67. The van der Waals surface area contributed by atoms with Crippen LogP contribution in [0.3, 0.4) is 0 Å². The van der Waals surface area contributed by atoms with E-state index in [-0.39, 0.29) is 21.8 Å². The second-order valence-corrected chi connectivity index (χ2v) is 6.70. The predicted octanol–water partition coefficient (Wildman–Crippen LogP) is 1.92. The minimum absolute atomic E-state index is 0.0279. The summed E-state index contributed by atoms with van der Waals surface area (Å²) in [6, 6.07) is 5.47. The van der Waals surface area contributed by atoms with Gasteiger partial charge in [0.15, 0.2) is 0 Å². The second-order valence-electron chi connectivity index (χ2n) is 4.26. The molecule has 1 heterocycles. The fourth-order valence-corrected chi connectivity index (χ4v) is 3.77. The molecule has 1 aromatic heterocycles. The van der Waals surface area contributed by atoms with Crippen LogP contribution in [0.25, 0.3) is 0 Å². The van der Waals surface area contributed by atoms with E-state index in [0.717, 1.165) is 0 Å². The molecule has 0 spiro atoms. The first kappa shape index (κ1) is 18.2. The zero-order valence-electron chi connectivity index (χ0n) is 12.4. The molecule has 2 aromatic rings. The first-order valence-electron chi connectivity index (χ1n) is 6.26. The molecule has 11 heteroatoms. The number of nitrogens with one attached hydrogen (secondary N) is 1. The smallest absolute Gasteiger partial charge is 0.303 e. The molecule has 0 radical (unpaired) electrons. The highest BCUT2D eigenvalue weighted by molar-refractivity contribution is 7.90. The van der Waals surface area contributed by atoms with Crippen LogP contribution < -0.4 is 14.2 Å². The summed E-state index contributed by atoms with van der Waals surface area (Å²) in [5.41, 5.74) is 0. The summed E-state index contributed by atoms with van der Waals surface area (Å²) in [5, 5.41) is -0.265. The standard InChI is InChI=1S/C13H11Cl2N3O5S/c1-22-9-6-10(23-2)17-12(16-9)13(19)18-24(20,21)11-7(14)4-3-5-8(11)15/h3-6H,1-2H3,(H,18,19). The van der Waals surface area contributed by atoms with Gasteiger partial charge in [-0.3, -0.25) is 4.79 Å². The van der Waals surface area contributed by atoms with E-state index in [1.807, 2.05) is 0 Å². The van der Waals surface area contributed by atoms with Gasteiger partial charge in [-0.05, 0) is 12.1 Å². The van der Waals surface area contributed by atoms with E-state index in [2.05, 4.69) is 9.97 Å². The number of carbonyl (C=O) groups excluding carboxylic acids is 1. The maximum Gasteiger partial charge on any atom is 0.303 e. The number of amides is 1. The summed E-state index contributed by atoms with van der Waals surface area (Å²) in [7, 11) is -1.69. The average Bonchev–Trinajstić information content (AvgIpc) is 2.53. The Morgan fingerprint density at radius 3 is 2.04 bits per heavy atom. The van der Waals surface area contributed by atoms with Crippen molar-refractivity contribution in [3.63, 3.8) is 0 Å². The minimum Gasteiger partial charge on any atom is -0.481 e. The van der Waals surface area contributed by atoms with Crippen LogP contribution in [0.4, 0.5) is 0 Å². The van der Waals surface area contributed by atoms with Gasteiger partial charge in [-0.1, -0.05) is 29.3 Å². The Bertz CT molecular complexity index is 847. The molecule has 0 bridgehead atoms. The predicted molar refractivity (Wildman–Crippen MR) is 86.3 cm³/mol. The lowest BCUT2D eigenvalue weighted by Gasteiger charge is -2.10. The third-order valence-electron chi connectivity index (χ3n) is 2.72. The molecule has 128 valence electrons. The van der Waals surface area contributed by atoms with Crippen molar-refractivity contribution < 1.29 is 22.7 Å². The number of nitrogens with zero attached hydrogens (tertiary/aromatic N) is 2. The van der Waals surface area contributed by atoms with Crippen LogP contribution in [0.2, 0.25) is 10.0 Å².